The predicted octanol–water partition coefficient (Wildman–Crippen LogP) is 1.44. The fraction of sp³-hybridized carbons (Fsp3) is 0.533. The van der Waals surface area contributed by atoms with Gasteiger partial charge in [-0.25, -0.2) is 0 Å². The van der Waals surface area contributed by atoms with E-state index in [1.165, 1.54) is 0 Å². The summed E-state index contributed by atoms with van der Waals surface area (Å²) in [6.07, 6.45) is 2.01. The van der Waals surface area contributed by atoms with Gasteiger partial charge in [0.25, 0.3) is 0 Å². The van der Waals surface area contributed by atoms with E-state index in [-0.39, 0.29) is 25.0 Å². The van der Waals surface area contributed by atoms with Crippen LogP contribution < -0.4 is 5.32 Å². The molecule has 1 aromatic carbocycles. The minimum Gasteiger partial charge on any atom is -0.383 e. The van der Waals surface area contributed by atoms with Crippen molar-refractivity contribution in [1.82, 2.24) is 5.32 Å². The summed E-state index contributed by atoms with van der Waals surface area (Å²) in [7, 11) is 0. The number of carbonyl (C=O) groups excluding carboxylic acids is 1. The fourth-order valence-electron chi connectivity index (χ4n) is 2.25. The van der Waals surface area contributed by atoms with Gasteiger partial charge in [0.15, 0.2) is 0 Å². The fourth-order valence-corrected chi connectivity index (χ4v) is 2.25. The molecule has 0 spiro atoms. The lowest BCUT2D eigenvalue weighted by Gasteiger charge is -2.29. The number of hydrogen-bond acceptors (Lipinski definition) is 3. The molecule has 0 saturated heterocycles. The molecule has 0 bridgehead atoms. The zero-order valence-electron chi connectivity index (χ0n) is 11.3. The standard InChI is InChI=1S/C15H21NO3/c1-2-19-10-14(17)16-11-15(18,13-8-9-13)12-6-4-3-5-7-12/h3-7,13,18H,2,8-11H2,1H3,(H,16,17)/t15-/m0/s1. The van der Waals surface area contributed by atoms with Gasteiger partial charge < -0.3 is 15.2 Å². The number of nitrogens with one attached hydrogen (secondary N) is 1. The number of carbonyl (C=O) groups is 1. The van der Waals surface area contributed by atoms with Crippen molar-refractivity contribution in [1.29, 1.82) is 0 Å². The maximum atomic E-state index is 11.6. The molecule has 0 unspecified atom stereocenters. The third-order valence-corrected chi connectivity index (χ3v) is 3.52. The van der Waals surface area contributed by atoms with Crippen LogP contribution in [-0.4, -0.2) is 30.8 Å². The minimum atomic E-state index is -0.955. The molecular formula is C15H21NO3. The number of rotatable bonds is 7. The number of ether oxygens (including phenoxy) is 1. The average Bonchev–Trinajstić information content (AvgIpc) is 3.28. The van der Waals surface area contributed by atoms with Crippen molar-refractivity contribution >= 4 is 5.91 Å². The molecule has 0 aromatic heterocycles. The van der Waals surface area contributed by atoms with Crippen molar-refractivity contribution in [3.8, 4) is 0 Å². The zero-order valence-corrected chi connectivity index (χ0v) is 11.3. The molecule has 1 saturated carbocycles. The first-order chi connectivity index (χ1) is 9.16. The molecule has 4 nitrogen and oxygen atoms in total. The van der Waals surface area contributed by atoms with Crippen LogP contribution in [0.15, 0.2) is 30.3 Å². The number of hydrogen-bond donors (Lipinski definition) is 2. The van der Waals surface area contributed by atoms with Crippen molar-refractivity contribution in [3.05, 3.63) is 35.9 Å². The van der Waals surface area contributed by atoms with Gasteiger partial charge in [-0.15, -0.1) is 0 Å². The summed E-state index contributed by atoms with van der Waals surface area (Å²) in [5, 5.41) is 13.6. The highest BCUT2D eigenvalue weighted by Gasteiger charge is 2.45. The number of aliphatic hydroxyl groups is 1. The van der Waals surface area contributed by atoms with Crippen LogP contribution in [0, 0.1) is 5.92 Å². The Balaban J connectivity index is 1.99. The summed E-state index contributed by atoms with van der Waals surface area (Å²) in [6.45, 7) is 2.65. The molecule has 19 heavy (non-hydrogen) atoms. The van der Waals surface area contributed by atoms with Gasteiger partial charge in [-0.3, -0.25) is 4.79 Å². The van der Waals surface area contributed by atoms with Crippen molar-refractivity contribution in [2.45, 2.75) is 25.4 Å². The maximum Gasteiger partial charge on any atom is 0.246 e. The smallest absolute Gasteiger partial charge is 0.246 e. The second kappa shape index (κ2) is 6.17. The molecule has 0 radical (unpaired) electrons. The molecule has 1 amide bonds. The first-order valence-electron chi connectivity index (χ1n) is 6.79. The minimum absolute atomic E-state index is 0.0477. The van der Waals surface area contributed by atoms with Crippen LogP contribution in [0.3, 0.4) is 0 Å². The predicted molar refractivity (Wildman–Crippen MR) is 72.6 cm³/mol. The van der Waals surface area contributed by atoms with E-state index < -0.39 is 5.60 Å². The topological polar surface area (TPSA) is 58.6 Å². The SMILES string of the molecule is CCOCC(=O)NC[C@](O)(c1ccccc1)C1CC1. The molecule has 1 aliphatic carbocycles. The molecule has 1 fully saturated rings. The normalized spacial score (nSPS) is 17.8. The van der Waals surface area contributed by atoms with E-state index >= 15 is 0 Å². The lowest BCUT2D eigenvalue weighted by Crippen LogP contribution is -2.43. The summed E-state index contributed by atoms with van der Waals surface area (Å²) in [5.74, 6) is 0.0548. The maximum absolute atomic E-state index is 11.6. The van der Waals surface area contributed by atoms with Crippen LogP contribution in [-0.2, 0) is 15.1 Å². The van der Waals surface area contributed by atoms with Gasteiger partial charge in [-0.05, 0) is 31.2 Å². The van der Waals surface area contributed by atoms with Crippen molar-refractivity contribution in [3.63, 3.8) is 0 Å². The Morgan fingerprint density at radius 2 is 2.11 bits per heavy atom. The zero-order chi connectivity index (χ0) is 13.7. The number of benzene rings is 1. The highest BCUT2D eigenvalue weighted by molar-refractivity contribution is 5.77. The van der Waals surface area contributed by atoms with E-state index in [9.17, 15) is 9.90 Å². The summed E-state index contributed by atoms with van der Waals surface area (Å²) in [4.78, 5) is 11.6. The molecule has 2 N–H and O–H groups in total. The van der Waals surface area contributed by atoms with Crippen molar-refractivity contribution in [2.24, 2.45) is 5.92 Å². The van der Waals surface area contributed by atoms with Crippen LogP contribution in [0.2, 0.25) is 0 Å². The highest BCUT2D eigenvalue weighted by Crippen LogP contribution is 2.45. The lowest BCUT2D eigenvalue weighted by atomic mass is 9.88. The molecule has 104 valence electrons. The van der Waals surface area contributed by atoms with Crippen molar-refractivity contribution < 1.29 is 14.6 Å². The molecule has 4 heteroatoms. The van der Waals surface area contributed by atoms with Gasteiger partial charge >= 0.3 is 0 Å². The Morgan fingerprint density at radius 3 is 2.68 bits per heavy atom. The van der Waals surface area contributed by atoms with Gasteiger partial charge in [0.05, 0.1) is 6.54 Å². The molecular weight excluding hydrogens is 242 g/mol. The van der Waals surface area contributed by atoms with Crippen molar-refractivity contribution in [2.75, 3.05) is 19.8 Å². The third-order valence-electron chi connectivity index (χ3n) is 3.52. The van der Waals surface area contributed by atoms with Gasteiger partial charge in [0.2, 0.25) is 5.91 Å². The van der Waals surface area contributed by atoms with Gasteiger partial charge in [0.1, 0.15) is 12.2 Å². The van der Waals surface area contributed by atoms with Gasteiger partial charge in [0, 0.05) is 6.61 Å². The summed E-state index contributed by atoms with van der Waals surface area (Å²) in [5.41, 5.74) is -0.0856. The molecule has 1 atom stereocenters. The van der Waals surface area contributed by atoms with E-state index in [4.69, 9.17) is 4.74 Å². The van der Waals surface area contributed by atoms with E-state index in [1.54, 1.807) is 0 Å². The van der Waals surface area contributed by atoms with E-state index in [0.29, 0.717) is 6.61 Å². The van der Waals surface area contributed by atoms with Gasteiger partial charge in [-0.2, -0.15) is 0 Å². The van der Waals surface area contributed by atoms with Gasteiger partial charge in [-0.1, -0.05) is 30.3 Å². The van der Waals surface area contributed by atoms with Crippen LogP contribution in [0.4, 0.5) is 0 Å². The van der Waals surface area contributed by atoms with E-state index in [2.05, 4.69) is 5.32 Å². The largest absolute Gasteiger partial charge is 0.383 e. The van der Waals surface area contributed by atoms with Crippen LogP contribution in [0.25, 0.3) is 0 Å². The highest BCUT2D eigenvalue weighted by atomic mass is 16.5. The Kier molecular flexibility index (Phi) is 4.56. The molecule has 0 aliphatic heterocycles. The first kappa shape index (κ1) is 14.0. The van der Waals surface area contributed by atoms with Crippen LogP contribution >= 0.6 is 0 Å². The Morgan fingerprint density at radius 1 is 1.42 bits per heavy atom. The lowest BCUT2D eigenvalue weighted by molar-refractivity contribution is -0.127. The van der Waals surface area contributed by atoms with E-state index in [0.717, 1.165) is 18.4 Å². The third kappa shape index (κ3) is 3.55. The Hall–Kier alpha value is -1.39. The van der Waals surface area contributed by atoms with E-state index in [1.807, 2.05) is 37.3 Å². The average molecular weight is 263 g/mol. The second-order valence-corrected chi connectivity index (χ2v) is 4.98. The van der Waals surface area contributed by atoms with Crippen LogP contribution in [0.1, 0.15) is 25.3 Å². The summed E-state index contributed by atoms with van der Waals surface area (Å²) >= 11 is 0. The monoisotopic (exact) mass is 263 g/mol. The summed E-state index contributed by atoms with van der Waals surface area (Å²) < 4.78 is 5.05. The number of amides is 1. The van der Waals surface area contributed by atoms with Crippen LogP contribution in [0.5, 0.6) is 0 Å². The quantitative estimate of drug-likeness (QED) is 0.782. The summed E-state index contributed by atoms with van der Waals surface area (Å²) in [6, 6.07) is 9.56. The Bertz CT molecular complexity index is 417. The first-order valence-corrected chi connectivity index (χ1v) is 6.79. The second-order valence-electron chi connectivity index (χ2n) is 4.98. The molecule has 1 aromatic rings. The molecule has 0 heterocycles. The molecule has 2 rings (SSSR count). The molecule has 1 aliphatic rings. The Labute approximate surface area is 113 Å².